The molecule has 0 unspecified atom stereocenters. The van der Waals surface area contributed by atoms with E-state index < -0.39 is 17.9 Å². The molecule has 1 heterocycles. The molecular weight excluding hydrogens is 232 g/mol. The number of nitriles is 1. The smallest absolute Gasteiger partial charge is 0.253 e. The van der Waals surface area contributed by atoms with Gasteiger partial charge in [-0.25, -0.2) is 0 Å². The summed E-state index contributed by atoms with van der Waals surface area (Å²) in [6.07, 6.45) is 3.12. The Bertz CT molecular complexity index is 467. The number of aromatic nitrogens is 1. The summed E-state index contributed by atoms with van der Waals surface area (Å²) >= 11 is 0. The number of amides is 2. The second-order valence-electron chi connectivity index (χ2n) is 3.94. The third-order valence-corrected chi connectivity index (χ3v) is 2.38. The molecule has 94 valence electrons. The molecule has 0 fully saturated rings. The molecule has 0 aliphatic heterocycles. The molecule has 1 rings (SSSR count). The molecular formula is C12H14N4O2. The van der Waals surface area contributed by atoms with Crippen molar-refractivity contribution in [2.24, 2.45) is 11.7 Å². The highest BCUT2D eigenvalue weighted by atomic mass is 16.2. The maximum Gasteiger partial charge on any atom is 0.253 e. The molecule has 6 heteroatoms. The second kappa shape index (κ2) is 6.35. The van der Waals surface area contributed by atoms with Gasteiger partial charge in [-0.15, -0.1) is 0 Å². The lowest BCUT2D eigenvalue weighted by Gasteiger charge is -2.16. The predicted octanol–water partition coefficient (Wildman–Crippen LogP) is 0.215. The van der Waals surface area contributed by atoms with E-state index in [-0.39, 0.29) is 12.3 Å². The summed E-state index contributed by atoms with van der Waals surface area (Å²) in [7, 11) is 0. The Morgan fingerprint density at radius 1 is 1.61 bits per heavy atom. The van der Waals surface area contributed by atoms with Crippen molar-refractivity contribution < 1.29 is 9.59 Å². The summed E-state index contributed by atoms with van der Waals surface area (Å²) in [6, 6.07) is 4.33. The molecule has 0 saturated heterocycles. The Balaban J connectivity index is 2.71. The topological polar surface area (TPSA) is 109 Å². The Morgan fingerprint density at radius 2 is 2.33 bits per heavy atom. The molecule has 2 amide bonds. The number of rotatable bonds is 5. The minimum atomic E-state index is -0.854. The van der Waals surface area contributed by atoms with Gasteiger partial charge in [0.2, 0.25) is 5.91 Å². The summed E-state index contributed by atoms with van der Waals surface area (Å²) in [5.41, 5.74) is 5.53. The van der Waals surface area contributed by atoms with E-state index in [1.165, 1.54) is 6.20 Å². The second-order valence-corrected chi connectivity index (χ2v) is 3.94. The molecule has 6 nitrogen and oxygen atoms in total. The zero-order valence-electron chi connectivity index (χ0n) is 9.96. The number of carbonyl (C=O) groups excluding carboxylic acids is 2. The van der Waals surface area contributed by atoms with E-state index in [0.29, 0.717) is 5.56 Å². The first-order valence-electron chi connectivity index (χ1n) is 5.44. The molecule has 2 atom stereocenters. The average Bonchev–Trinajstić information content (AvgIpc) is 2.38. The van der Waals surface area contributed by atoms with Crippen molar-refractivity contribution in [2.45, 2.75) is 19.4 Å². The number of nitrogens with two attached hydrogens (primary N) is 1. The first kappa shape index (κ1) is 13.6. The summed E-state index contributed by atoms with van der Waals surface area (Å²) in [4.78, 5) is 26.8. The van der Waals surface area contributed by atoms with Crippen LogP contribution in [0.5, 0.6) is 0 Å². The van der Waals surface area contributed by atoms with Crippen LogP contribution in [-0.4, -0.2) is 22.8 Å². The minimum absolute atomic E-state index is 0.192. The lowest BCUT2D eigenvalue weighted by atomic mass is 10.0. The summed E-state index contributed by atoms with van der Waals surface area (Å²) in [6.45, 7) is 1.66. The Kier molecular flexibility index (Phi) is 4.81. The van der Waals surface area contributed by atoms with Crippen LogP contribution in [0, 0.1) is 17.2 Å². The molecule has 0 aromatic carbocycles. The molecule has 0 aliphatic carbocycles. The minimum Gasteiger partial charge on any atom is -0.368 e. The van der Waals surface area contributed by atoms with Crippen molar-refractivity contribution in [3.05, 3.63) is 30.1 Å². The fraction of sp³-hybridized carbons (Fsp3) is 0.333. The van der Waals surface area contributed by atoms with Crippen LogP contribution >= 0.6 is 0 Å². The van der Waals surface area contributed by atoms with E-state index in [0.717, 1.165) is 0 Å². The number of carbonyl (C=O) groups is 2. The molecule has 0 aliphatic rings. The van der Waals surface area contributed by atoms with Crippen molar-refractivity contribution in [1.82, 2.24) is 10.3 Å². The van der Waals surface area contributed by atoms with Crippen LogP contribution in [-0.2, 0) is 4.79 Å². The van der Waals surface area contributed by atoms with Crippen molar-refractivity contribution in [3.8, 4) is 6.07 Å². The van der Waals surface area contributed by atoms with Gasteiger partial charge in [-0.05, 0) is 25.5 Å². The first-order chi connectivity index (χ1) is 8.54. The maximum atomic E-state index is 11.8. The Labute approximate surface area is 105 Å². The number of nitrogens with zero attached hydrogens (tertiary/aromatic N) is 2. The van der Waals surface area contributed by atoms with E-state index in [4.69, 9.17) is 11.0 Å². The highest BCUT2D eigenvalue weighted by molar-refractivity contribution is 5.96. The normalized spacial score (nSPS) is 13.1. The van der Waals surface area contributed by atoms with Crippen molar-refractivity contribution in [1.29, 1.82) is 5.26 Å². The Hall–Kier alpha value is -2.42. The van der Waals surface area contributed by atoms with Crippen LogP contribution in [0.1, 0.15) is 23.7 Å². The predicted molar refractivity (Wildman–Crippen MR) is 64.1 cm³/mol. The van der Waals surface area contributed by atoms with Gasteiger partial charge in [0.05, 0.1) is 11.6 Å². The lowest BCUT2D eigenvalue weighted by Crippen LogP contribution is -2.45. The zero-order valence-corrected chi connectivity index (χ0v) is 9.96. The average molecular weight is 246 g/mol. The third kappa shape index (κ3) is 3.87. The monoisotopic (exact) mass is 246 g/mol. The van der Waals surface area contributed by atoms with E-state index in [1.807, 2.05) is 6.07 Å². The fourth-order valence-corrected chi connectivity index (χ4v) is 1.39. The van der Waals surface area contributed by atoms with Crippen LogP contribution in [0.15, 0.2) is 24.5 Å². The first-order valence-corrected chi connectivity index (χ1v) is 5.44. The van der Waals surface area contributed by atoms with Crippen LogP contribution in [0.25, 0.3) is 0 Å². The zero-order chi connectivity index (χ0) is 13.5. The van der Waals surface area contributed by atoms with Gasteiger partial charge in [0.15, 0.2) is 0 Å². The quantitative estimate of drug-likeness (QED) is 0.774. The van der Waals surface area contributed by atoms with Gasteiger partial charge in [-0.2, -0.15) is 5.26 Å². The molecule has 0 bridgehead atoms. The van der Waals surface area contributed by atoms with Gasteiger partial charge < -0.3 is 11.1 Å². The molecule has 1 aromatic heterocycles. The van der Waals surface area contributed by atoms with Gasteiger partial charge in [-0.3, -0.25) is 14.6 Å². The van der Waals surface area contributed by atoms with Crippen molar-refractivity contribution in [2.75, 3.05) is 0 Å². The van der Waals surface area contributed by atoms with Gasteiger partial charge in [0.25, 0.3) is 5.91 Å². The number of primary amides is 1. The van der Waals surface area contributed by atoms with Crippen LogP contribution in [0.2, 0.25) is 0 Å². The van der Waals surface area contributed by atoms with E-state index in [2.05, 4.69) is 10.3 Å². The van der Waals surface area contributed by atoms with E-state index in [1.54, 1.807) is 25.3 Å². The summed E-state index contributed by atoms with van der Waals surface area (Å²) in [5.74, 6) is -1.46. The fourth-order valence-electron chi connectivity index (χ4n) is 1.39. The molecule has 0 saturated carbocycles. The lowest BCUT2D eigenvalue weighted by molar-refractivity contribution is -0.120. The third-order valence-electron chi connectivity index (χ3n) is 2.38. The van der Waals surface area contributed by atoms with Gasteiger partial charge in [-0.1, -0.05) is 0 Å². The van der Waals surface area contributed by atoms with Gasteiger partial charge in [0, 0.05) is 18.3 Å². The number of hydrogen-bond donors (Lipinski definition) is 2. The SMILES string of the molecule is C[C@@H](C#N)C[C@H](NC(=O)c1cccnc1)C(N)=O. The Morgan fingerprint density at radius 3 is 2.83 bits per heavy atom. The molecule has 0 radical (unpaired) electrons. The van der Waals surface area contributed by atoms with Crippen LogP contribution < -0.4 is 11.1 Å². The number of nitrogens with one attached hydrogen (secondary N) is 1. The van der Waals surface area contributed by atoms with Crippen molar-refractivity contribution in [3.63, 3.8) is 0 Å². The molecule has 0 spiro atoms. The molecule has 3 N–H and O–H groups in total. The number of pyridine rings is 1. The van der Waals surface area contributed by atoms with E-state index >= 15 is 0 Å². The largest absolute Gasteiger partial charge is 0.368 e. The summed E-state index contributed by atoms with van der Waals surface area (Å²) < 4.78 is 0. The highest BCUT2D eigenvalue weighted by Gasteiger charge is 2.21. The molecule has 18 heavy (non-hydrogen) atoms. The van der Waals surface area contributed by atoms with Crippen LogP contribution in [0.4, 0.5) is 0 Å². The number of hydrogen-bond acceptors (Lipinski definition) is 4. The van der Waals surface area contributed by atoms with Gasteiger partial charge >= 0.3 is 0 Å². The summed E-state index contributed by atoms with van der Waals surface area (Å²) in [5, 5.41) is 11.2. The molecule has 1 aromatic rings. The van der Waals surface area contributed by atoms with Gasteiger partial charge in [0.1, 0.15) is 6.04 Å². The maximum absolute atomic E-state index is 11.8. The van der Waals surface area contributed by atoms with Crippen LogP contribution in [0.3, 0.4) is 0 Å². The highest BCUT2D eigenvalue weighted by Crippen LogP contribution is 2.06. The van der Waals surface area contributed by atoms with E-state index in [9.17, 15) is 9.59 Å². The standard InChI is InChI=1S/C12H14N4O2/c1-8(6-13)5-10(11(14)17)16-12(18)9-3-2-4-15-7-9/h2-4,7-8,10H,5H2,1H3,(H2,14,17)(H,16,18)/t8-,10+/m1/s1. The van der Waals surface area contributed by atoms with Crippen molar-refractivity contribution >= 4 is 11.8 Å².